The first-order chi connectivity index (χ1) is 12.4. The Balaban J connectivity index is 1.72. The smallest absolute Gasteiger partial charge is 0.312 e. The lowest BCUT2D eigenvalue weighted by Gasteiger charge is -2.27. The van der Waals surface area contributed by atoms with E-state index in [2.05, 4.69) is 19.2 Å². The van der Waals surface area contributed by atoms with Crippen molar-refractivity contribution in [2.24, 2.45) is 11.8 Å². The average Bonchev–Trinajstić information content (AvgIpc) is 3.25. The van der Waals surface area contributed by atoms with Crippen molar-refractivity contribution in [3.8, 4) is 0 Å². The van der Waals surface area contributed by atoms with Crippen molar-refractivity contribution in [2.45, 2.75) is 58.0 Å². The standard InChI is InChI=1S/C20H26F2N2O2/c1-12(2)14-5-3-6-17(14)23-19(25)20(26)24-10-4-7-18(24)15-11-13(21)8-9-16(15)22/h8-9,11-12,14,17-18H,3-7,10H2,1-2H3,(H,23,25). The third kappa shape index (κ3) is 3.74. The summed E-state index contributed by atoms with van der Waals surface area (Å²) in [5.74, 6) is -1.56. The van der Waals surface area contributed by atoms with Gasteiger partial charge in [-0.15, -0.1) is 0 Å². The van der Waals surface area contributed by atoms with E-state index in [4.69, 9.17) is 0 Å². The molecule has 0 radical (unpaired) electrons. The highest BCUT2D eigenvalue weighted by molar-refractivity contribution is 6.35. The molecule has 2 amide bonds. The molecule has 1 aromatic rings. The van der Waals surface area contributed by atoms with Gasteiger partial charge < -0.3 is 10.2 Å². The van der Waals surface area contributed by atoms with Crippen molar-refractivity contribution in [2.75, 3.05) is 6.54 Å². The summed E-state index contributed by atoms with van der Waals surface area (Å²) in [6, 6.07) is 2.66. The van der Waals surface area contributed by atoms with E-state index in [1.807, 2.05) is 0 Å². The van der Waals surface area contributed by atoms with E-state index < -0.39 is 29.5 Å². The van der Waals surface area contributed by atoms with Crippen LogP contribution in [0.25, 0.3) is 0 Å². The van der Waals surface area contributed by atoms with Gasteiger partial charge in [0, 0.05) is 18.2 Å². The first-order valence-electron chi connectivity index (χ1n) is 9.45. The summed E-state index contributed by atoms with van der Waals surface area (Å²) in [6.45, 7) is 4.63. The molecule has 2 aliphatic rings. The van der Waals surface area contributed by atoms with Gasteiger partial charge in [0.2, 0.25) is 0 Å². The highest BCUT2D eigenvalue weighted by Gasteiger charge is 2.37. The van der Waals surface area contributed by atoms with Crippen LogP contribution >= 0.6 is 0 Å². The second-order valence-electron chi connectivity index (χ2n) is 7.74. The van der Waals surface area contributed by atoms with Crippen LogP contribution in [0.3, 0.4) is 0 Å². The fraction of sp³-hybridized carbons (Fsp3) is 0.600. The molecule has 0 aromatic heterocycles. The Hall–Kier alpha value is -1.98. The molecule has 3 atom stereocenters. The highest BCUT2D eigenvalue weighted by atomic mass is 19.1. The molecule has 0 spiro atoms. The number of nitrogens with one attached hydrogen (secondary N) is 1. The van der Waals surface area contributed by atoms with Crippen LogP contribution in [-0.4, -0.2) is 29.3 Å². The molecule has 1 aliphatic carbocycles. The quantitative estimate of drug-likeness (QED) is 0.834. The number of carbonyl (C=O) groups excluding carboxylic acids is 2. The normalized spacial score (nSPS) is 25.7. The molecule has 2 fully saturated rings. The fourth-order valence-corrected chi connectivity index (χ4v) is 4.43. The van der Waals surface area contributed by atoms with Crippen molar-refractivity contribution in [1.29, 1.82) is 0 Å². The molecule has 1 N–H and O–H groups in total. The number of amides is 2. The Labute approximate surface area is 152 Å². The molecular weight excluding hydrogens is 338 g/mol. The summed E-state index contributed by atoms with van der Waals surface area (Å²) in [7, 11) is 0. The second-order valence-corrected chi connectivity index (χ2v) is 7.74. The van der Waals surface area contributed by atoms with E-state index in [9.17, 15) is 18.4 Å². The number of benzene rings is 1. The zero-order valence-electron chi connectivity index (χ0n) is 15.3. The van der Waals surface area contributed by atoms with Gasteiger partial charge in [0.15, 0.2) is 0 Å². The van der Waals surface area contributed by atoms with Crippen molar-refractivity contribution in [1.82, 2.24) is 10.2 Å². The molecule has 1 saturated carbocycles. The van der Waals surface area contributed by atoms with Crippen LogP contribution in [0.5, 0.6) is 0 Å². The molecule has 3 rings (SSSR count). The van der Waals surface area contributed by atoms with Gasteiger partial charge >= 0.3 is 11.8 Å². The van der Waals surface area contributed by atoms with Gasteiger partial charge in [-0.25, -0.2) is 8.78 Å². The van der Waals surface area contributed by atoms with Crippen LogP contribution in [0.2, 0.25) is 0 Å². The minimum absolute atomic E-state index is 0.0124. The van der Waals surface area contributed by atoms with Crippen LogP contribution in [0, 0.1) is 23.5 Å². The van der Waals surface area contributed by atoms with Crippen molar-refractivity contribution in [3.05, 3.63) is 35.4 Å². The van der Waals surface area contributed by atoms with E-state index in [-0.39, 0.29) is 11.6 Å². The number of rotatable bonds is 3. The van der Waals surface area contributed by atoms with Gasteiger partial charge in [-0.2, -0.15) is 0 Å². The Morgan fingerprint density at radius 3 is 2.65 bits per heavy atom. The van der Waals surface area contributed by atoms with E-state index in [0.717, 1.165) is 37.5 Å². The third-order valence-corrected chi connectivity index (χ3v) is 5.77. The molecule has 6 heteroatoms. The van der Waals surface area contributed by atoms with Gasteiger partial charge in [-0.1, -0.05) is 20.3 Å². The molecule has 3 unspecified atom stereocenters. The lowest BCUT2D eigenvalue weighted by Crippen LogP contribution is -2.48. The Bertz CT molecular complexity index is 692. The Morgan fingerprint density at radius 2 is 1.92 bits per heavy atom. The second kappa shape index (κ2) is 7.72. The molecule has 142 valence electrons. The van der Waals surface area contributed by atoms with Gasteiger partial charge in [0.25, 0.3) is 0 Å². The Kier molecular flexibility index (Phi) is 5.58. The average molecular weight is 364 g/mol. The summed E-state index contributed by atoms with van der Waals surface area (Å²) in [5, 5.41) is 2.89. The number of hydrogen-bond donors (Lipinski definition) is 1. The van der Waals surface area contributed by atoms with Crippen molar-refractivity contribution < 1.29 is 18.4 Å². The maximum Gasteiger partial charge on any atom is 0.312 e. The number of halogens is 2. The third-order valence-electron chi connectivity index (χ3n) is 5.77. The largest absolute Gasteiger partial charge is 0.345 e. The predicted octanol–water partition coefficient (Wildman–Crippen LogP) is 3.57. The molecule has 1 heterocycles. The maximum atomic E-state index is 14.1. The number of carbonyl (C=O) groups is 2. The van der Waals surface area contributed by atoms with E-state index in [1.165, 1.54) is 4.90 Å². The van der Waals surface area contributed by atoms with Crippen LogP contribution in [-0.2, 0) is 9.59 Å². The minimum atomic E-state index is -0.648. The minimum Gasteiger partial charge on any atom is -0.345 e. The summed E-state index contributed by atoms with van der Waals surface area (Å²) in [4.78, 5) is 26.6. The van der Waals surface area contributed by atoms with E-state index in [0.29, 0.717) is 31.2 Å². The fourth-order valence-electron chi connectivity index (χ4n) is 4.43. The highest BCUT2D eigenvalue weighted by Crippen LogP contribution is 2.34. The van der Waals surface area contributed by atoms with Gasteiger partial charge in [0.1, 0.15) is 11.6 Å². The summed E-state index contributed by atoms with van der Waals surface area (Å²) in [5.41, 5.74) is 0.143. The zero-order chi connectivity index (χ0) is 18.8. The molecule has 1 aromatic carbocycles. The molecule has 1 saturated heterocycles. The van der Waals surface area contributed by atoms with E-state index in [1.54, 1.807) is 0 Å². The summed E-state index contributed by atoms with van der Waals surface area (Å²) in [6.07, 6.45) is 4.17. The lowest BCUT2D eigenvalue weighted by atomic mass is 9.91. The first kappa shape index (κ1) is 18.8. The molecule has 0 bridgehead atoms. The monoisotopic (exact) mass is 364 g/mol. The summed E-state index contributed by atoms with van der Waals surface area (Å²) >= 11 is 0. The topological polar surface area (TPSA) is 49.4 Å². The number of hydrogen-bond acceptors (Lipinski definition) is 2. The molecular formula is C20H26F2N2O2. The summed E-state index contributed by atoms with van der Waals surface area (Å²) < 4.78 is 27.6. The SMILES string of the molecule is CC(C)C1CCCC1NC(=O)C(=O)N1CCCC1c1cc(F)ccc1F. The van der Waals surface area contributed by atoms with Gasteiger partial charge in [-0.05, 0) is 55.7 Å². The Morgan fingerprint density at radius 1 is 1.15 bits per heavy atom. The lowest BCUT2D eigenvalue weighted by molar-refractivity contribution is -0.147. The van der Waals surface area contributed by atoms with E-state index >= 15 is 0 Å². The van der Waals surface area contributed by atoms with Crippen LogP contribution in [0.15, 0.2) is 18.2 Å². The van der Waals surface area contributed by atoms with Crippen LogP contribution in [0.4, 0.5) is 8.78 Å². The first-order valence-corrected chi connectivity index (χ1v) is 9.45. The number of nitrogens with zero attached hydrogens (tertiary/aromatic N) is 1. The van der Waals surface area contributed by atoms with Crippen LogP contribution < -0.4 is 5.32 Å². The molecule has 26 heavy (non-hydrogen) atoms. The zero-order valence-corrected chi connectivity index (χ0v) is 15.3. The van der Waals surface area contributed by atoms with Crippen molar-refractivity contribution in [3.63, 3.8) is 0 Å². The predicted molar refractivity (Wildman–Crippen MR) is 94.2 cm³/mol. The number of likely N-dealkylation sites (tertiary alicyclic amines) is 1. The van der Waals surface area contributed by atoms with Crippen LogP contribution in [0.1, 0.15) is 57.6 Å². The maximum absolute atomic E-state index is 14.1. The van der Waals surface area contributed by atoms with Crippen molar-refractivity contribution >= 4 is 11.8 Å². The van der Waals surface area contributed by atoms with Gasteiger partial charge in [0.05, 0.1) is 6.04 Å². The molecule has 1 aliphatic heterocycles. The molecule has 4 nitrogen and oxygen atoms in total. The van der Waals surface area contributed by atoms with Gasteiger partial charge in [-0.3, -0.25) is 9.59 Å².